The number of nitrogens with one attached hydrogen (secondary N) is 2. The monoisotopic (exact) mass is 292 g/mol. The van der Waals surface area contributed by atoms with Crippen LogP contribution >= 0.6 is 11.6 Å². The molecule has 2 N–H and O–H groups in total. The summed E-state index contributed by atoms with van der Waals surface area (Å²) in [4.78, 5) is 12.3. The maximum atomic E-state index is 13.1. The smallest absolute Gasteiger partial charge is 0.257 e. The van der Waals surface area contributed by atoms with E-state index in [1.54, 1.807) is 13.1 Å². The Morgan fingerprint density at radius 2 is 1.95 bits per heavy atom. The molecule has 0 saturated heterocycles. The zero-order valence-corrected chi connectivity index (χ0v) is 11.9. The molecule has 0 aliphatic heterocycles. The highest BCUT2D eigenvalue weighted by Crippen LogP contribution is 2.22. The van der Waals surface area contributed by atoms with E-state index in [1.165, 1.54) is 18.2 Å². The van der Waals surface area contributed by atoms with Crippen molar-refractivity contribution in [3.8, 4) is 0 Å². The number of amides is 1. The van der Waals surface area contributed by atoms with Crippen molar-refractivity contribution in [3.05, 3.63) is 58.4 Å². The minimum atomic E-state index is -0.517. The number of rotatable bonds is 3. The molecule has 0 aromatic heterocycles. The Kier molecular flexibility index (Phi) is 4.25. The molecule has 0 atom stereocenters. The van der Waals surface area contributed by atoms with Gasteiger partial charge in [0, 0.05) is 18.4 Å². The number of carbonyl (C=O) groups is 1. The zero-order chi connectivity index (χ0) is 14.7. The molecule has 2 rings (SSSR count). The van der Waals surface area contributed by atoms with Crippen LogP contribution in [-0.4, -0.2) is 13.0 Å². The van der Waals surface area contributed by atoms with E-state index in [0.29, 0.717) is 11.3 Å². The fraction of sp³-hybridized carbons (Fsp3) is 0.133. The second kappa shape index (κ2) is 5.92. The van der Waals surface area contributed by atoms with Crippen molar-refractivity contribution in [2.75, 3.05) is 17.7 Å². The molecule has 1 amide bonds. The molecule has 0 spiro atoms. The van der Waals surface area contributed by atoms with Gasteiger partial charge in [-0.25, -0.2) is 4.39 Å². The lowest BCUT2D eigenvalue weighted by Crippen LogP contribution is -2.14. The lowest BCUT2D eigenvalue weighted by Gasteiger charge is -2.11. The summed E-state index contributed by atoms with van der Waals surface area (Å²) in [7, 11) is 1.75. The van der Waals surface area contributed by atoms with Gasteiger partial charge >= 0.3 is 0 Å². The van der Waals surface area contributed by atoms with Crippen LogP contribution in [0.2, 0.25) is 5.02 Å². The van der Waals surface area contributed by atoms with Crippen LogP contribution in [0.5, 0.6) is 0 Å². The van der Waals surface area contributed by atoms with Crippen LogP contribution in [0.1, 0.15) is 15.9 Å². The first-order chi connectivity index (χ1) is 9.51. The van der Waals surface area contributed by atoms with E-state index in [4.69, 9.17) is 11.6 Å². The van der Waals surface area contributed by atoms with Crippen LogP contribution in [0.25, 0.3) is 0 Å². The first-order valence-electron chi connectivity index (χ1n) is 6.06. The molecule has 0 fully saturated rings. The Bertz CT molecular complexity index is 658. The van der Waals surface area contributed by atoms with Gasteiger partial charge in [-0.2, -0.15) is 0 Å². The molecule has 2 aromatic carbocycles. The third-order valence-electron chi connectivity index (χ3n) is 2.87. The van der Waals surface area contributed by atoms with Gasteiger partial charge in [-0.15, -0.1) is 0 Å². The lowest BCUT2D eigenvalue weighted by atomic mass is 10.1. The maximum Gasteiger partial charge on any atom is 0.257 e. The van der Waals surface area contributed by atoms with Crippen LogP contribution in [0.4, 0.5) is 15.8 Å². The van der Waals surface area contributed by atoms with Gasteiger partial charge in [0.05, 0.1) is 10.6 Å². The molecular formula is C15H14ClFN2O. The predicted octanol–water partition coefficient (Wildman–Crippen LogP) is 4.08. The van der Waals surface area contributed by atoms with Crippen LogP contribution in [0.3, 0.4) is 0 Å². The number of benzene rings is 2. The van der Waals surface area contributed by atoms with Crippen molar-refractivity contribution in [2.45, 2.75) is 6.92 Å². The fourth-order valence-corrected chi connectivity index (χ4v) is 2.02. The summed E-state index contributed by atoms with van der Waals surface area (Å²) < 4.78 is 13.1. The number of halogens is 2. The summed E-state index contributed by atoms with van der Waals surface area (Å²) in [5, 5.41) is 5.63. The summed E-state index contributed by atoms with van der Waals surface area (Å²) in [6.07, 6.45) is 0. The number of anilines is 2. The summed E-state index contributed by atoms with van der Waals surface area (Å²) in [6.45, 7) is 1.91. The van der Waals surface area contributed by atoms with E-state index >= 15 is 0 Å². The van der Waals surface area contributed by atoms with Crippen LogP contribution in [0, 0.1) is 12.7 Å². The van der Waals surface area contributed by atoms with Crippen LogP contribution in [0.15, 0.2) is 36.4 Å². The van der Waals surface area contributed by atoms with E-state index in [1.807, 2.05) is 19.1 Å². The summed E-state index contributed by atoms with van der Waals surface area (Å²) in [6, 6.07) is 9.59. The van der Waals surface area contributed by atoms with E-state index in [9.17, 15) is 9.18 Å². The second-order valence-electron chi connectivity index (χ2n) is 4.38. The molecule has 2 aromatic rings. The van der Waals surface area contributed by atoms with Crippen molar-refractivity contribution >= 4 is 28.9 Å². The Morgan fingerprint density at radius 3 is 2.60 bits per heavy atom. The topological polar surface area (TPSA) is 41.1 Å². The third kappa shape index (κ3) is 3.08. The van der Waals surface area contributed by atoms with Gasteiger partial charge in [0.1, 0.15) is 5.82 Å². The molecule has 20 heavy (non-hydrogen) atoms. The van der Waals surface area contributed by atoms with Gasteiger partial charge in [0.2, 0.25) is 0 Å². The average Bonchev–Trinajstić information content (AvgIpc) is 2.43. The van der Waals surface area contributed by atoms with Crippen molar-refractivity contribution in [3.63, 3.8) is 0 Å². The number of aryl methyl sites for hydroxylation is 1. The van der Waals surface area contributed by atoms with Gasteiger partial charge in [-0.3, -0.25) is 4.79 Å². The summed E-state index contributed by atoms with van der Waals surface area (Å²) in [5.74, 6) is -0.795. The van der Waals surface area contributed by atoms with Crippen molar-refractivity contribution in [1.29, 1.82) is 0 Å². The SMILES string of the molecule is CNc1ccc(C)cc1C(=O)Nc1ccc(F)c(Cl)c1. The molecule has 0 unspecified atom stereocenters. The highest BCUT2D eigenvalue weighted by molar-refractivity contribution is 6.31. The highest BCUT2D eigenvalue weighted by atomic mass is 35.5. The maximum absolute atomic E-state index is 13.1. The number of hydrogen-bond acceptors (Lipinski definition) is 2. The zero-order valence-electron chi connectivity index (χ0n) is 11.1. The number of hydrogen-bond donors (Lipinski definition) is 2. The van der Waals surface area contributed by atoms with Crippen molar-refractivity contribution in [2.24, 2.45) is 0 Å². The normalized spacial score (nSPS) is 10.2. The van der Waals surface area contributed by atoms with Crippen LogP contribution < -0.4 is 10.6 Å². The molecule has 5 heteroatoms. The number of carbonyl (C=O) groups excluding carboxylic acids is 1. The van der Waals surface area contributed by atoms with E-state index in [0.717, 1.165) is 11.3 Å². The molecule has 0 heterocycles. The quantitative estimate of drug-likeness (QED) is 0.895. The minimum Gasteiger partial charge on any atom is -0.387 e. The minimum absolute atomic E-state index is 0.0270. The third-order valence-corrected chi connectivity index (χ3v) is 3.16. The molecule has 0 aliphatic rings. The van der Waals surface area contributed by atoms with Gasteiger partial charge in [-0.1, -0.05) is 23.2 Å². The largest absolute Gasteiger partial charge is 0.387 e. The Labute approximate surface area is 121 Å². The molecule has 0 bridgehead atoms. The van der Waals surface area contributed by atoms with Gasteiger partial charge in [-0.05, 0) is 37.3 Å². The highest BCUT2D eigenvalue weighted by Gasteiger charge is 2.12. The second-order valence-corrected chi connectivity index (χ2v) is 4.79. The Balaban J connectivity index is 2.27. The molecular weight excluding hydrogens is 279 g/mol. The lowest BCUT2D eigenvalue weighted by molar-refractivity contribution is 0.102. The van der Waals surface area contributed by atoms with Crippen molar-refractivity contribution < 1.29 is 9.18 Å². The summed E-state index contributed by atoms with van der Waals surface area (Å²) in [5.41, 5.74) is 2.67. The molecule has 104 valence electrons. The molecule has 0 radical (unpaired) electrons. The predicted molar refractivity (Wildman–Crippen MR) is 80.1 cm³/mol. The standard InChI is InChI=1S/C15H14ClFN2O/c1-9-3-6-14(18-2)11(7-9)15(20)19-10-4-5-13(17)12(16)8-10/h3-8,18H,1-2H3,(H,19,20). The van der Waals surface area contributed by atoms with E-state index in [-0.39, 0.29) is 10.9 Å². The Morgan fingerprint density at radius 1 is 1.20 bits per heavy atom. The van der Waals surface area contributed by atoms with Gasteiger partial charge in [0.25, 0.3) is 5.91 Å². The Hall–Kier alpha value is -2.07. The first kappa shape index (κ1) is 14.3. The molecule has 0 saturated carbocycles. The van der Waals surface area contributed by atoms with Gasteiger partial charge < -0.3 is 10.6 Å². The van der Waals surface area contributed by atoms with E-state index < -0.39 is 5.82 Å². The fourth-order valence-electron chi connectivity index (χ4n) is 1.84. The van der Waals surface area contributed by atoms with E-state index in [2.05, 4.69) is 10.6 Å². The summed E-state index contributed by atoms with van der Waals surface area (Å²) >= 11 is 5.69. The van der Waals surface area contributed by atoms with Gasteiger partial charge in [0.15, 0.2) is 0 Å². The molecule has 3 nitrogen and oxygen atoms in total. The first-order valence-corrected chi connectivity index (χ1v) is 6.44. The molecule has 0 aliphatic carbocycles. The van der Waals surface area contributed by atoms with Crippen LogP contribution in [-0.2, 0) is 0 Å². The van der Waals surface area contributed by atoms with Crippen molar-refractivity contribution in [1.82, 2.24) is 0 Å². The average molecular weight is 293 g/mol.